The van der Waals surface area contributed by atoms with E-state index in [1.54, 1.807) is 23.7 Å². The summed E-state index contributed by atoms with van der Waals surface area (Å²) in [6, 6.07) is 46.7. The Labute approximate surface area is 585 Å². The first-order chi connectivity index (χ1) is 45.6. The number of nitrogens with one attached hydrogen (secondary N) is 2. The van der Waals surface area contributed by atoms with Crippen LogP contribution in [-0.4, -0.2) is 66.1 Å². The first kappa shape index (κ1) is 83.0. The molecule has 524 valence electrons. The van der Waals surface area contributed by atoms with Gasteiger partial charge in [0.1, 0.15) is 11.4 Å². The largest absolute Gasteiger partial charge is 0.385 e. The SMILES string of the molecule is CC(C)C#CCNC(=O)CC1C=[N+](CC(=O)N(C)Cc2ccc3cccc(C(C)C)c3c2)N=N1.CC(C)CCCCC(=O)c1ccccc1C(C)C.CC(C)CCCCc1ccccc1C(C)C.CC(C)CCNc1ccccc1C(C)C.CC(C)Cc1ccccc1C(C)C. The summed E-state index contributed by atoms with van der Waals surface area (Å²) in [5.74, 6) is 12.1. The molecule has 0 spiro atoms. The highest BCUT2D eigenvalue weighted by Gasteiger charge is 2.27. The van der Waals surface area contributed by atoms with E-state index in [4.69, 9.17) is 0 Å². The minimum absolute atomic E-state index is 0.0681. The van der Waals surface area contributed by atoms with Crippen LogP contribution in [0.3, 0.4) is 0 Å². The lowest BCUT2D eigenvalue weighted by Crippen LogP contribution is -2.33. The molecule has 7 rings (SSSR count). The van der Waals surface area contributed by atoms with Crippen molar-refractivity contribution in [2.45, 2.75) is 251 Å². The number of hydrogen-bond acceptors (Lipinski definition) is 6. The maximum absolute atomic E-state index is 12.8. The van der Waals surface area contributed by atoms with E-state index in [2.05, 4.69) is 273 Å². The molecule has 6 aromatic rings. The van der Waals surface area contributed by atoms with Gasteiger partial charge in [0.2, 0.25) is 11.9 Å². The average molecular weight is 1310 g/mol. The highest BCUT2D eigenvalue weighted by atomic mass is 16.2. The third-order valence-electron chi connectivity index (χ3n) is 17.0. The second-order valence-electron chi connectivity index (χ2n) is 29.9. The maximum Gasteiger partial charge on any atom is 0.267 e. The second-order valence-corrected chi connectivity index (χ2v) is 29.9. The Bertz CT molecular complexity index is 3350. The number of likely N-dealkylation sites (N-methyl/N-ethyl adjacent to an activating group) is 1. The van der Waals surface area contributed by atoms with Gasteiger partial charge in [-0.3, -0.25) is 14.4 Å². The number of aryl methyl sites for hydroxylation is 1. The Kier molecular flexibility index (Phi) is 39.2. The first-order valence-electron chi connectivity index (χ1n) is 36.7. The van der Waals surface area contributed by atoms with Gasteiger partial charge >= 0.3 is 0 Å². The summed E-state index contributed by atoms with van der Waals surface area (Å²) < 4.78 is 1.51. The molecular weight excluding hydrogens is 1180 g/mol. The van der Waals surface area contributed by atoms with Crippen LogP contribution in [0.15, 0.2) is 144 Å². The van der Waals surface area contributed by atoms with Crippen molar-refractivity contribution < 1.29 is 19.1 Å². The van der Waals surface area contributed by atoms with Crippen LogP contribution in [0, 0.1) is 41.4 Å². The number of hydrogen-bond donors (Lipinski definition) is 2. The number of amides is 2. The number of benzene rings is 6. The van der Waals surface area contributed by atoms with Crippen LogP contribution in [0.4, 0.5) is 5.69 Å². The lowest BCUT2D eigenvalue weighted by Gasteiger charge is -2.17. The van der Waals surface area contributed by atoms with Crippen molar-refractivity contribution in [2.75, 3.05) is 32.0 Å². The topological polar surface area (TPSA) is 106 Å². The van der Waals surface area contributed by atoms with E-state index < -0.39 is 0 Å². The predicted octanol–water partition coefficient (Wildman–Crippen LogP) is 22.6. The lowest BCUT2D eigenvalue weighted by atomic mass is 9.92. The van der Waals surface area contributed by atoms with Crippen molar-refractivity contribution in [2.24, 2.45) is 39.9 Å². The van der Waals surface area contributed by atoms with E-state index in [-0.39, 0.29) is 36.7 Å². The zero-order valence-corrected chi connectivity index (χ0v) is 63.8. The van der Waals surface area contributed by atoms with Crippen LogP contribution in [0.2, 0.25) is 0 Å². The van der Waals surface area contributed by atoms with Gasteiger partial charge in [-0.2, -0.15) is 0 Å². The average Bonchev–Trinajstić information content (AvgIpc) is 0.911. The molecule has 1 unspecified atom stereocenters. The summed E-state index contributed by atoms with van der Waals surface area (Å²) in [5, 5.41) is 16.9. The van der Waals surface area contributed by atoms with E-state index in [9.17, 15) is 14.4 Å². The first-order valence-corrected chi connectivity index (χ1v) is 36.7. The minimum Gasteiger partial charge on any atom is -0.385 e. The Morgan fingerprint density at radius 1 is 0.542 bits per heavy atom. The zero-order chi connectivity index (χ0) is 71.3. The van der Waals surface area contributed by atoms with Crippen LogP contribution in [0.25, 0.3) is 10.8 Å². The summed E-state index contributed by atoms with van der Waals surface area (Å²) in [6.07, 6.45) is 13.7. The number of ketones is 1. The van der Waals surface area contributed by atoms with Crippen molar-refractivity contribution in [3.8, 4) is 11.8 Å². The summed E-state index contributed by atoms with van der Waals surface area (Å²) >= 11 is 0. The molecule has 0 saturated carbocycles. The Hall–Kier alpha value is -7.18. The number of anilines is 1. The number of para-hydroxylation sites is 1. The monoisotopic (exact) mass is 1310 g/mol. The number of carbonyl (C=O) groups excluding carboxylic acids is 3. The molecule has 0 aromatic heterocycles. The van der Waals surface area contributed by atoms with Gasteiger partial charge in [-0.25, -0.2) is 0 Å². The van der Waals surface area contributed by atoms with E-state index in [0.717, 1.165) is 54.2 Å². The molecule has 1 aliphatic rings. The van der Waals surface area contributed by atoms with Crippen molar-refractivity contribution in [3.63, 3.8) is 0 Å². The van der Waals surface area contributed by atoms with Gasteiger partial charge in [-0.15, -0.1) is 4.68 Å². The van der Waals surface area contributed by atoms with Crippen molar-refractivity contribution in [3.05, 3.63) is 184 Å². The number of nitrogens with zero attached hydrogens (tertiary/aromatic N) is 4. The standard InChI is InChI=1S/C27H33N5O2.C17H26O.C16H26.C14H23N.C13H20/c1-19(2)8-7-13-28-26(33)15-23-17-32(30-29-23)18-27(34)31(5)16-21-11-12-22-9-6-10-24(20(3)4)25(22)14-21;1-13(2)9-5-8-12-17(18)16-11-7-6-10-15(16)14(3)4;1-13(2)9-5-6-10-15-11-7-8-12-16(15)14(3)4;1-11(2)9-10-15-14-8-6-5-7-13(14)12(3)4;1-10(2)9-12-7-5-6-8-13(12)11(3)4/h6,9-12,14,17,19-20,23H,13,15-16,18H2,1-5H3;6-7,10-11,13-14H,5,8-9,12H2,1-4H3;7-8,11-14H,5-6,9-10H2,1-4H3;5-8,11-12,15H,9-10H2,1-4H3;5-8,10-11H,9H2,1-4H3/p+1. The Morgan fingerprint density at radius 3 is 1.66 bits per heavy atom. The van der Waals surface area contributed by atoms with Crippen LogP contribution in [-0.2, 0) is 29.0 Å². The number of unbranched alkanes of at least 4 members (excludes halogenated alkanes) is 2. The fourth-order valence-electron chi connectivity index (χ4n) is 11.6. The molecule has 6 aromatic carbocycles. The lowest BCUT2D eigenvalue weighted by molar-refractivity contribution is -0.521. The van der Waals surface area contributed by atoms with E-state index in [0.29, 0.717) is 54.9 Å². The normalized spacial score (nSPS) is 12.5. The molecule has 0 saturated heterocycles. The van der Waals surface area contributed by atoms with E-state index >= 15 is 0 Å². The molecule has 9 heteroatoms. The van der Waals surface area contributed by atoms with Gasteiger partial charge in [0.05, 0.1) is 13.0 Å². The molecule has 2 N–H and O–H groups in total. The van der Waals surface area contributed by atoms with Gasteiger partial charge in [0.25, 0.3) is 5.91 Å². The summed E-state index contributed by atoms with van der Waals surface area (Å²) in [6.45, 7) is 46.4. The molecule has 0 fully saturated rings. The van der Waals surface area contributed by atoms with Crippen LogP contribution in [0.5, 0.6) is 0 Å². The van der Waals surface area contributed by atoms with Gasteiger partial charge in [0, 0.05) is 48.8 Å². The van der Waals surface area contributed by atoms with Gasteiger partial charge in [-0.05, 0) is 153 Å². The smallest absolute Gasteiger partial charge is 0.267 e. The third-order valence-corrected chi connectivity index (χ3v) is 17.0. The highest BCUT2D eigenvalue weighted by molar-refractivity contribution is 5.97. The molecular formula is C87H129N6O3+. The molecule has 0 radical (unpaired) electrons. The molecule has 1 atom stereocenters. The van der Waals surface area contributed by atoms with Crippen LogP contribution in [0.1, 0.15) is 281 Å². The molecule has 1 aliphatic heterocycles. The van der Waals surface area contributed by atoms with Crippen LogP contribution < -0.4 is 10.6 Å². The van der Waals surface area contributed by atoms with Gasteiger partial charge < -0.3 is 15.5 Å². The predicted molar refractivity (Wildman–Crippen MR) is 413 cm³/mol. The second kappa shape index (κ2) is 45.3. The number of Topliss-reactive ketones (excluding diaryl/α,β-unsaturated/α-hetero) is 1. The minimum atomic E-state index is -0.369. The summed E-state index contributed by atoms with van der Waals surface area (Å²) in [7, 11) is 1.79. The number of rotatable bonds is 29. The molecule has 2 amide bonds. The van der Waals surface area contributed by atoms with Crippen LogP contribution >= 0.6 is 0 Å². The van der Waals surface area contributed by atoms with Gasteiger partial charge in [-0.1, -0.05) is 297 Å². The Balaban J connectivity index is 0.000000332. The Morgan fingerprint density at radius 2 is 1.07 bits per heavy atom. The molecule has 0 aliphatic carbocycles. The van der Waals surface area contributed by atoms with Crippen molar-refractivity contribution >= 4 is 40.3 Å². The molecule has 96 heavy (non-hydrogen) atoms. The fraction of sp³-hybridized carbons (Fsp3) is 0.540. The molecule has 9 nitrogen and oxygen atoms in total. The number of fused-ring (bicyclic) bond motifs is 1. The molecule has 1 heterocycles. The summed E-state index contributed by atoms with van der Waals surface area (Å²) in [5.41, 5.74) is 13.3. The maximum atomic E-state index is 12.8. The highest BCUT2D eigenvalue weighted by Crippen LogP contribution is 2.29. The zero-order valence-electron chi connectivity index (χ0n) is 63.8. The number of carbonyl (C=O) groups is 3. The summed E-state index contributed by atoms with van der Waals surface area (Å²) in [4.78, 5) is 38.7. The van der Waals surface area contributed by atoms with Gasteiger partial charge in [0.15, 0.2) is 12.3 Å². The fourth-order valence-corrected chi connectivity index (χ4v) is 11.6. The van der Waals surface area contributed by atoms with Crippen molar-refractivity contribution in [1.29, 1.82) is 0 Å². The van der Waals surface area contributed by atoms with E-state index in [1.165, 1.54) is 99.5 Å². The van der Waals surface area contributed by atoms with Crippen molar-refractivity contribution in [1.82, 2.24) is 10.2 Å². The quantitative estimate of drug-likeness (QED) is 0.0211. The molecule has 0 bridgehead atoms. The van der Waals surface area contributed by atoms with E-state index in [1.807, 2.05) is 32.0 Å². The third kappa shape index (κ3) is 32.7.